The van der Waals surface area contributed by atoms with Crippen LogP contribution in [0.1, 0.15) is 21.5 Å². The van der Waals surface area contributed by atoms with Crippen molar-refractivity contribution in [3.63, 3.8) is 0 Å². The van der Waals surface area contributed by atoms with Crippen molar-refractivity contribution >= 4 is 12.0 Å². The molecule has 4 nitrogen and oxygen atoms in total. The minimum atomic E-state index is -0.441. The molecule has 120 valence electrons. The largest absolute Gasteiger partial charge is 0.497 e. The smallest absolute Gasteiger partial charge is 0.342 e. The van der Waals surface area contributed by atoms with Crippen molar-refractivity contribution < 1.29 is 19.0 Å². The van der Waals surface area contributed by atoms with Crippen LogP contribution in [0.15, 0.2) is 48.5 Å². The number of esters is 1. The van der Waals surface area contributed by atoms with E-state index < -0.39 is 5.97 Å². The van der Waals surface area contributed by atoms with E-state index in [0.717, 1.165) is 6.42 Å². The lowest BCUT2D eigenvalue weighted by Crippen LogP contribution is -2.07. The molecule has 23 heavy (non-hydrogen) atoms. The first-order valence-corrected chi connectivity index (χ1v) is 7.24. The van der Waals surface area contributed by atoms with Crippen LogP contribution in [-0.4, -0.2) is 27.3 Å². The van der Waals surface area contributed by atoms with Crippen molar-refractivity contribution in [3.8, 4) is 11.5 Å². The zero-order valence-corrected chi connectivity index (χ0v) is 13.5. The predicted molar refractivity (Wildman–Crippen MR) is 90.1 cm³/mol. The topological polar surface area (TPSA) is 44.8 Å². The van der Waals surface area contributed by atoms with Crippen LogP contribution < -0.4 is 9.47 Å². The lowest BCUT2D eigenvalue weighted by molar-refractivity contribution is 0.0597. The van der Waals surface area contributed by atoms with E-state index in [4.69, 9.17) is 14.2 Å². The van der Waals surface area contributed by atoms with Crippen LogP contribution in [0.2, 0.25) is 0 Å². The van der Waals surface area contributed by atoms with Crippen LogP contribution in [0.4, 0.5) is 0 Å². The van der Waals surface area contributed by atoms with Gasteiger partial charge in [0.05, 0.1) is 21.3 Å². The van der Waals surface area contributed by atoms with Crippen LogP contribution in [0.5, 0.6) is 11.5 Å². The Morgan fingerprint density at radius 3 is 2.39 bits per heavy atom. The molecule has 4 heteroatoms. The van der Waals surface area contributed by atoms with Gasteiger partial charge < -0.3 is 14.2 Å². The van der Waals surface area contributed by atoms with Gasteiger partial charge in [0, 0.05) is 6.07 Å². The van der Waals surface area contributed by atoms with E-state index in [0.29, 0.717) is 22.6 Å². The van der Waals surface area contributed by atoms with Crippen LogP contribution in [0.25, 0.3) is 6.08 Å². The van der Waals surface area contributed by atoms with Gasteiger partial charge in [-0.3, -0.25) is 0 Å². The highest BCUT2D eigenvalue weighted by Crippen LogP contribution is 2.30. The maximum absolute atomic E-state index is 12.1. The number of rotatable bonds is 6. The zero-order valence-electron chi connectivity index (χ0n) is 13.5. The molecule has 0 aliphatic carbocycles. The molecule has 0 aliphatic heterocycles. The summed E-state index contributed by atoms with van der Waals surface area (Å²) >= 11 is 0. The third-order valence-electron chi connectivity index (χ3n) is 3.45. The van der Waals surface area contributed by atoms with Crippen molar-refractivity contribution in [2.75, 3.05) is 21.3 Å². The Morgan fingerprint density at radius 1 is 1.04 bits per heavy atom. The Hall–Kier alpha value is -2.75. The molecule has 0 bridgehead atoms. The molecule has 0 fully saturated rings. The number of carbonyl (C=O) groups excluding carboxylic acids is 1. The van der Waals surface area contributed by atoms with Gasteiger partial charge in [-0.15, -0.1) is 0 Å². The van der Waals surface area contributed by atoms with Crippen molar-refractivity contribution in [2.24, 2.45) is 0 Å². The summed E-state index contributed by atoms with van der Waals surface area (Å²) < 4.78 is 15.4. The third-order valence-corrected chi connectivity index (χ3v) is 3.45. The summed E-state index contributed by atoms with van der Waals surface area (Å²) in [5, 5.41) is 0. The molecule has 2 aromatic rings. The minimum absolute atomic E-state index is 0.389. The Morgan fingerprint density at radius 2 is 1.78 bits per heavy atom. The second-order valence-electron chi connectivity index (χ2n) is 4.88. The molecular weight excluding hydrogens is 292 g/mol. The van der Waals surface area contributed by atoms with Gasteiger partial charge in [-0.25, -0.2) is 4.79 Å². The fourth-order valence-corrected chi connectivity index (χ4v) is 2.28. The molecule has 0 spiro atoms. The predicted octanol–water partition coefficient (Wildman–Crippen LogP) is 3.75. The standard InChI is InChI=1S/C19H20O4/c1-21-16-12-15(11-7-10-14-8-5-4-6-9-14)18(19(20)23-3)17(13-16)22-2/h4-9,11-13H,10H2,1-3H3/b11-7+. The molecule has 0 unspecified atom stereocenters. The second kappa shape index (κ2) is 8.03. The van der Waals surface area contributed by atoms with Gasteiger partial charge in [-0.2, -0.15) is 0 Å². The van der Waals surface area contributed by atoms with E-state index in [9.17, 15) is 4.79 Å². The average molecular weight is 312 g/mol. The maximum Gasteiger partial charge on any atom is 0.342 e. The Balaban J connectivity index is 2.36. The molecule has 0 radical (unpaired) electrons. The SMILES string of the molecule is COC(=O)c1c(/C=C/Cc2ccccc2)cc(OC)cc1OC. The van der Waals surface area contributed by atoms with E-state index in [2.05, 4.69) is 12.1 Å². The zero-order chi connectivity index (χ0) is 16.7. The average Bonchev–Trinajstić information content (AvgIpc) is 2.61. The fourth-order valence-electron chi connectivity index (χ4n) is 2.28. The van der Waals surface area contributed by atoms with Gasteiger partial charge in [0.25, 0.3) is 0 Å². The maximum atomic E-state index is 12.1. The summed E-state index contributed by atoms with van der Waals surface area (Å²) in [5.74, 6) is 0.605. The summed E-state index contributed by atoms with van der Waals surface area (Å²) in [5.41, 5.74) is 2.28. The monoisotopic (exact) mass is 312 g/mol. The lowest BCUT2D eigenvalue weighted by atomic mass is 10.0. The number of carbonyl (C=O) groups is 1. The second-order valence-corrected chi connectivity index (χ2v) is 4.88. The van der Waals surface area contributed by atoms with E-state index in [1.54, 1.807) is 19.2 Å². The summed E-state index contributed by atoms with van der Waals surface area (Å²) in [6, 6.07) is 13.5. The van der Waals surface area contributed by atoms with Crippen molar-refractivity contribution in [2.45, 2.75) is 6.42 Å². The van der Waals surface area contributed by atoms with E-state index in [1.165, 1.54) is 19.8 Å². The van der Waals surface area contributed by atoms with Gasteiger partial charge in [-0.1, -0.05) is 42.5 Å². The molecule has 0 saturated heterocycles. The number of hydrogen-bond donors (Lipinski definition) is 0. The Labute approximate surface area is 136 Å². The van der Waals surface area contributed by atoms with Gasteiger partial charge in [0.2, 0.25) is 0 Å². The van der Waals surface area contributed by atoms with E-state index in [1.807, 2.05) is 30.4 Å². The summed E-state index contributed by atoms with van der Waals surface area (Å²) in [6.45, 7) is 0. The Kier molecular flexibility index (Phi) is 5.80. The van der Waals surface area contributed by atoms with E-state index in [-0.39, 0.29) is 0 Å². The number of ether oxygens (including phenoxy) is 3. The first-order chi connectivity index (χ1) is 11.2. The molecule has 0 saturated carbocycles. The minimum Gasteiger partial charge on any atom is -0.497 e. The first-order valence-electron chi connectivity index (χ1n) is 7.24. The lowest BCUT2D eigenvalue weighted by Gasteiger charge is -2.12. The molecule has 2 rings (SSSR count). The highest BCUT2D eigenvalue weighted by atomic mass is 16.5. The molecule has 0 heterocycles. The van der Waals surface area contributed by atoms with Crippen LogP contribution >= 0.6 is 0 Å². The summed E-state index contributed by atoms with van der Waals surface area (Å²) in [6.07, 6.45) is 4.64. The summed E-state index contributed by atoms with van der Waals surface area (Å²) in [7, 11) is 4.44. The number of benzene rings is 2. The van der Waals surface area contributed by atoms with E-state index >= 15 is 0 Å². The van der Waals surface area contributed by atoms with Crippen LogP contribution in [0.3, 0.4) is 0 Å². The van der Waals surface area contributed by atoms with Gasteiger partial charge >= 0.3 is 5.97 Å². The number of allylic oxidation sites excluding steroid dienone is 1. The van der Waals surface area contributed by atoms with Crippen molar-refractivity contribution in [1.82, 2.24) is 0 Å². The number of hydrogen-bond acceptors (Lipinski definition) is 4. The third kappa shape index (κ3) is 4.13. The molecule has 0 atom stereocenters. The highest BCUT2D eigenvalue weighted by Gasteiger charge is 2.18. The van der Waals surface area contributed by atoms with Crippen LogP contribution in [0, 0.1) is 0 Å². The molecule has 2 aromatic carbocycles. The number of methoxy groups -OCH3 is 3. The molecule has 0 amide bonds. The first kappa shape index (κ1) is 16.6. The van der Waals surface area contributed by atoms with Crippen LogP contribution in [-0.2, 0) is 11.2 Å². The molecular formula is C19H20O4. The normalized spacial score (nSPS) is 10.6. The molecule has 0 N–H and O–H groups in total. The molecule has 0 aliphatic rings. The Bertz CT molecular complexity index is 690. The molecule has 0 aromatic heterocycles. The summed E-state index contributed by atoms with van der Waals surface area (Å²) in [4.78, 5) is 12.1. The van der Waals surface area contributed by atoms with Gasteiger partial charge in [0.1, 0.15) is 17.1 Å². The van der Waals surface area contributed by atoms with Gasteiger partial charge in [0.15, 0.2) is 0 Å². The fraction of sp³-hybridized carbons (Fsp3) is 0.211. The van der Waals surface area contributed by atoms with Crippen molar-refractivity contribution in [3.05, 3.63) is 65.2 Å². The van der Waals surface area contributed by atoms with Crippen molar-refractivity contribution in [1.29, 1.82) is 0 Å². The van der Waals surface area contributed by atoms with Gasteiger partial charge in [-0.05, 0) is 23.6 Å². The highest BCUT2D eigenvalue weighted by molar-refractivity contribution is 5.97. The quantitative estimate of drug-likeness (QED) is 0.762.